The number of benzene rings is 1. The first-order valence-corrected chi connectivity index (χ1v) is 8.68. The van der Waals surface area contributed by atoms with E-state index in [-0.39, 0.29) is 24.4 Å². The summed E-state index contributed by atoms with van der Waals surface area (Å²) in [5.41, 5.74) is 1.06. The summed E-state index contributed by atoms with van der Waals surface area (Å²) in [7, 11) is 0. The summed E-state index contributed by atoms with van der Waals surface area (Å²) >= 11 is 1.34. The molecule has 0 atom stereocenters. The summed E-state index contributed by atoms with van der Waals surface area (Å²) in [5.74, 6) is -2.64. The van der Waals surface area contributed by atoms with E-state index in [0.29, 0.717) is 23.1 Å². The predicted molar refractivity (Wildman–Crippen MR) is 95.1 cm³/mol. The fourth-order valence-corrected chi connectivity index (χ4v) is 3.29. The van der Waals surface area contributed by atoms with Crippen molar-refractivity contribution in [3.8, 4) is 6.07 Å². The molecule has 0 radical (unpaired) electrons. The van der Waals surface area contributed by atoms with Gasteiger partial charge in [0.2, 0.25) is 5.91 Å². The summed E-state index contributed by atoms with van der Waals surface area (Å²) in [6.07, 6.45) is 0.471. The molecule has 0 spiro atoms. The average Bonchev–Trinajstić information content (AvgIpc) is 2.84. The highest BCUT2D eigenvalue weighted by Crippen LogP contribution is 2.31. The topological polar surface area (TPSA) is 82.0 Å². The minimum absolute atomic E-state index is 0.132. The largest absolute Gasteiger partial charge is 0.352 e. The zero-order valence-electron chi connectivity index (χ0n) is 14.3. The third-order valence-corrected chi connectivity index (χ3v) is 4.91. The summed E-state index contributed by atoms with van der Waals surface area (Å²) in [6, 6.07) is 4.79. The number of thiophene rings is 1. The van der Waals surface area contributed by atoms with Crippen LogP contribution in [0, 0.1) is 36.8 Å². The van der Waals surface area contributed by atoms with Crippen molar-refractivity contribution < 1.29 is 18.4 Å². The Morgan fingerprint density at radius 3 is 2.65 bits per heavy atom. The minimum Gasteiger partial charge on any atom is -0.352 e. The highest BCUT2D eigenvalue weighted by Gasteiger charge is 2.15. The number of nitrogens with one attached hydrogen (secondary N) is 2. The molecule has 0 saturated carbocycles. The highest BCUT2D eigenvalue weighted by atomic mass is 32.1. The maximum absolute atomic E-state index is 13.5. The van der Waals surface area contributed by atoms with Gasteiger partial charge in [-0.3, -0.25) is 9.59 Å². The molecule has 8 heteroatoms. The van der Waals surface area contributed by atoms with Gasteiger partial charge in [0.25, 0.3) is 5.91 Å². The van der Waals surface area contributed by atoms with E-state index in [2.05, 4.69) is 16.7 Å². The van der Waals surface area contributed by atoms with E-state index in [1.807, 2.05) is 13.8 Å². The van der Waals surface area contributed by atoms with Crippen LogP contribution in [0.25, 0.3) is 0 Å². The van der Waals surface area contributed by atoms with Gasteiger partial charge in [-0.1, -0.05) is 0 Å². The SMILES string of the molecule is Cc1sc(NC(=O)CCCNC(=O)c2ccc(F)cc2F)c(C#N)c1C. The number of aryl methyl sites for hydroxylation is 1. The smallest absolute Gasteiger partial charge is 0.254 e. The van der Waals surface area contributed by atoms with Crippen LogP contribution < -0.4 is 10.6 Å². The number of nitriles is 1. The standard InChI is InChI=1S/C18H17F2N3O2S/c1-10-11(2)26-18(14(10)9-21)23-16(24)4-3-7-22-17(25)13-6-5-12(19)8-15(13)20/h5-6,8H,3-4,7H2,1-2H3,(H,22,25)(H,23,24). The second-order valence-corrected chi connectivity index (χ2v) is 6.86. The van der Waals surface area contributed by atoms with E-state index in [9.17, 15) is 18.4 Å². The van der Waals surface area contributed by atoms with Crippen molar-refractivity contribution in [3.63, 3.8) is 0 Å². The molecule has 1 aromatic heterocycles. The lowest BCUT2D eigenvalue weighted by Gasteiger charge is -2.07. The Labute approximate surface area is 153 Å². The van der Waals surface area contributed by atoms with E-state index >= 15 is 0 Å². The molecule has 1 heterocycles. The van der Waals surface area contributed by atoms with Crippen molar-refractivity contribution >= 4 is 28.2 Å². The number of halogens is 2. The monoisotopic (exact) mass is 377 g/mol. The van der Waals surface area contributed by atoms with Gasteiger partial charge in [0.05, 0.1) is 11.1 Å². The van der Waals surface area contributed by atoms with Gasteiger partial charge < -0.3 is 10.6 Å². The molecule has 136 valence electrons. The molecule has 0 aliphatic carbocycles. The maximum Gasteiger partial charge on any atom is 0.254 e. The van der Waals surface area contributed by atoms with Crippen LogP contribution in [0.15, 0.2) is 18.2 Å². The Bertz CT molecular complexity index is 887. The number of carbonyl (C=O) groups is 2. The number of nitrogens with zero attached hydrogens (tertiary/aromatic N) is 1. The van der Waals surface area contributed by atoms with Crippen molar-refractivity contribution in [2.45, 2.75) is 26.7 Å². The van der Waals surface area contributed by atoms with E-state index in [0.717, 1.165) is 22.6 Å². The van der Waals surface area contributed by atoms with Crippen LogP contribution in [-0.2, 0) is 4.79 Å². The lowest BCUT2D eigenvalue weighted by atomic mass is 10.2. The number of rotatable bonds is 6. The molecule has 0 saturated heterocycles. The van der Waals surface area contributed by atoms with Crippen molar-refractivity contribution in [1.29, 1.82) is 5.26 Å². The number of anilines is 1. The summed E-state index contributed by atoms with van der Waals surface area (Å²) in [4.78, 5) is 24.8. The molecule has 2 rings (SSSR count). The van der Waals surface area contributed by atoms with Crippen LogP contribution in [0.2, 0.25) is 0 Å². The van der Waals surface area contributed by atoms with Crippen molar-refractivity contribution in [2.75, 3.05) is 11.9 Å². The molecule has 0 fully saturated rings. The van der Waals surface area contributed by atoms with Crippen LogP contribution in [0.4, 0.5) is 13.8 Å². The summed E-state index contributed by atoms with van der Waals surface area (Å²) in [5, 5.41) is 14.9. The Morgan fingerprint density at radius 2 is 2.00 bits per heavy atom. The van der Waals surface area contributed by atoms with Gasteiger partial charge in [-0.05, 0) is 38.0 Å². The third kappa shape index (κ3) is 4.64. The molecule has 0 aliphatic rings. The maximum atomic E-state index is 13.5. The van der Waals surface area contributed by atoms with Crippen LogP contribution in [0.1, 0.15) is 39.2 Å². The fourth-order valence-electron chi connectivity index (χ4n) is 2.26. The normalized spacial score (nSPS) is 10.3. The zero-order valence-corrected chi connectivity index (χ0v) is 15.1. The first-order valence-electron chi connectivity index (χ1n) is 7.86. The van der Waals surface area contributed by atoms with Gasteiger partial charge in [0.1, 0.15) is 22.7 Å². The molecule has 2 N–H and O–H groups in total. The molecule has 2 aromatic rings. The van der Waals surface area contributed by atoms with Crippen LogP contribution >= 0.6 is 11.3 Å². The van der Waals surface area contributed by atoms with E-state index in [4.69, 9.17) is 5.26 Å². The molecule has 0 aliphatic heterocycles. The lowest BCUT2D eigenvalue weighted by Crippen LogP contribution is -2.26. The van der Waals surface area contributed by atoms with Gasteiger partial charge in [-0.25, -0.2) is 8.78 Å². The Kier molecular flexibility index (Phi) is 6.41. The Morgan fingerprint density at radius 1 is 1.27 bits per heavy atom. The minimum atomic E-state index is -0.937. The van der Waals surface area contributed by atoms with Crippen molar-refractivity contribution in [1.82, 2.24) is 5.32 Å². The van der Waals surface area contributed by atoms with Gasteiger partial charge in [-0.2, -0.15) is 5.26 Å². The summed E-state index contributed by atoms with van der Waals surface area (Å²) in [6.45, 7) is 3.86. The lowest BCUT2D eigenvalue weighted by molar-refractivity contribution is -0.116. The molecule has 0 unspecified atom stereocenters. The number of carbonyl (C=O) groups excluding carboxylic acids is 2. The Balaban J connectivity index is 1.81. The van der Waals surface area contributed by atoms with Gasteiger partial charge >= 0.3 is 0 Å². The molecular weight excluding hydrogens is 360 g/mol. The molecule has 5 nitrogen and oxygen atoms in total. The zero-order chi connectivity index (χ0) is 19.3. The predicted octanol–water partition coefficient (Wildman–Crippen LogP) is 3.66. The summed E-state index contributed by atoms with van der Waals surface area (Å²) < 4.78 is 26.3. The highest BCUT2D eigenvalue weighted by molar-refractivity contribution is 7.16. The van der Waals surface area contributed by atoms with E-state index in [1.165, 1.54) is 11.3 Å². The molecule has 1 aromatic carbocycles. The molecule has 2 amide bonds. The van der Waals surface area contributed by atoms with Gasteiger partial charge in [0.15, 0.2) is 0 Å². The number of hydrogen-bond acceptors (Lipinski definition) is 4. The van der Waals surface area contributed by atoms with Crippen molar-refractivity contribution in [2.24, 2.45) is 0 Å². The van der Waals surface area contributed by atoms with E-state index < -0.39 is 17.5 Å². The van der Waals surface area contributed by atoms with Crippen LogP contribution in [0.3, 0.4) is 0 Å². The molecule has 0 bridgehead atoms. The third-order valence-electron chi connectivity index (χ3n) is 3.79. The fraction of sp³-hybridized carbons (Fsp3) is 0.278. The number of hydrogen-bond donors (Lipinski definition) is 2. The average molecular weight is 377 g/mol. The van der Waals surface area contributed by atoms with Gasteiger partial charge in [-0.15, -0.1) is 11.3 Å². The van der Waals surface area contributed by atoms with Crippen LogP contribution in [0.5, 0.6) is 0 Å². The van der Waals surface area contributed by atoms with Crippen molar-refractivity contribution in [3.05, 3.63) is 51.4 Å². The Hall–Kier alpha value is -2.79. The first-order chi connectivity index (χ1) is 12.3. The first kappa shape index (κ1) is 19.5. The van der Waals surface area contributed by atoms with E-state index in [1.54, 1.807) is 0 Å². The molecule has 26 heavy (non-hydrogen) atoms. The quantitative estimate of drug-likeness (QED) is 0.754. The second kappa shape index (κ2) is 8.54. The number of amides is 2. The second-order valence-electron chi connectivity index (χ2n) is 5.63. The van der Waals surface area contributed by atoms with Gasteiger partial charge in [0, 0.05) is 23.9 Å². The van der Waals surface area contributed by atoms with Crippen LogP contribution in [-0.4, -0.2) is 18.4 Å². The molecular formula is C18H17F2N3O2S.